The normalized spacial score (nSPS) is 18.4. The molecule has 3 aromatic rings. The number of methoxy groups -OCH3 is 1. The van der Waals surface area contributed by atoms with Gasteiger partial charge in [-0.15, -0.1) is 0 Å². The van der Waals surface area contributed by atoms with Crippen LogP contribution in [0.2, 0.25) is 0 Å². The molecule has 1 saturated heterocycles. The third-order valence-corrected chi connectivity index (χ3v) is 6.91. The van der Waals surface area contributed by atoms with E-state index in [4.69, 9.17) is 14.8 Å². The number of hydrogen-bond donors (Lipinski definition) is 2. The first kappa shape index (κ1) is 21.0. The number of rotatable bonds is 4. The highest BCUT2D eigenvalue weighted by Crippen LogP contribution is 2.34. The van der Waals surface area contributed by atoms with E-state index in [1.54, 1.807) is 7.11 Å². The number of aliphatic hydroxyl groups is 1. The lowest BCUT2D eigenvalue weighted by Gasteiger charge is -2.31. The molecule has 0 bridgehead atoms. The second kappa shape index (κ2) is 8.58. The van der Waals surface area contributed by atoms with Gasteiger partial charge in [0.2, 0.25) is 0 Å². The van der Waals surface area contributed by atoms with Gasteiger partial charge in [-0.3, -0.25) is 9.48 Å². The molecular formula is C24H31N5O3. The fourth-order valence-corrected chi connectivity index (χ4v) is 5.10. The number of aromatic nitrogens is 4. The summed E-state index contributed by atoms with van der Waals surface area (Å²) in [5.41, 5.74) is 3.64. The number of aromatic amines is 1. The van der Waals surface area contributed by atoms with Crippen molar-refractivity contribution >= 4 is 16.7 Å². The summed E-state index contributed by atoms with van der Waals surface area (Å²) in [5, 5.41) is 14.5. The highest BCUT2D eigenvalue weighted by molar-refractivity contribution is 5.80. The van der Waals surface area contributed by atoms with Crippen molar-refractivity contribution in [1.29, 1.82) is 0 Å². The number of benzene rings is 1. The largest absolute Gasteiger partial charge is 0.496 e. The maximum atomic E-state index is 13.2. The standard InChI is InChI=1S/C24H31N5O3/c1-15-21-22(29(27-15)16-6-4-3-5-7-16)24(31)26-23(25-21)19-9-8-17(14-20(19)32-2)28-12-10-18(30)11-13-28/h8-9,14,16,18,30H,3-7,10-13H2,1-2H3,(H,25,26,31). The predicted octanol–water partition coefficient (Wildman–Crippen LogP) is 3.57. The van der Waals surface area contributed by atoms with Crippen LogP contribution in [0, 0.1) is 6.92 Å². The number of anilines is 1. The van der Waals surface area contributed by atoms with Gasteiger partial charge in [-0.1, -0.05) is 19.3 Å². The second-order valence-corrected chi connectivity index (χ2v) is 9.04. The highest BCUT2D eigenvalue weighted by Gasteiger charge is 2.24. The first-order chi connectivity index (χ1) is 15.5. The summed E-state index contributed by atoms with van der Waals surface area (Å²) in [7, 11) is 1.63. The zero-order valence-corrected chi connectivity index (χ0v) is 18.8. The Morgan fingerprint density at radius 3 is 2.59 bits per heavy atom. The van der Waals surface area contributed by atoms with Gasteiger partial charge in [0, 0.05) is 24.8 Å². The van der Waals surface area contributed by atoms with Gasteiger partial charge in [0.1, 0.15) is 17.1 Å². The summed E-state index contributed by atoms with van der Waals surface area (Å²) in [6, 6.07) is 6.23. The lowest BCUT2D eigenvalue weighted by molar-refractivity contribution is 0.145. The van der Waals surface area contributed by atoms with E-state index in [1.165, 1.54) is 19.3 Å². The summed E-state index contributed by atoms with van der Waals surface area (Å²) >= 11 is 0. The molecule has 32 heavy (non-hydrogen) atoms. The minimum atomic E-state index is -0.216. The molecular weight excluding hydrogens is 406 g/mol. The highest BCUT2D eigenvalue weighted by atomic mass is 16.5. The van der Waals surface area contributed by atoms with Gasteiger partial charge in [-0.25, -0.2) is 4.98 Å². The van der Waals surface area contributed by atoms with Gasteiger partial charge >= 0.3 is 0 Å². The number of H-pyrrole nitrogens is 1. The maximum absolute atomic E-state index is 13.2. The van der Waals surface area contributed by atoms with E-state index in [-0.39, 0.29) is 17.7 Å². The molecule has 1 saturated carbocycles. The molecule has 170 valence electrons. The number of aliphatic hydroxyl groups excluding tert-OH is 1. The quantitative estimate of drug-likeness (QED) is 0.648. The van der Waals surface area contributed by atoms with E-state index in [0.29, 0.717) is 22.6 Å². The lowest BCUT2D eigenvalue weighted by atomic mass is 9.95. The van der Waals surface area contributed by atoms with E-state index in [1.807, 2.05) is 29.8 Å². The minimum absolute atomic E-state index is 0.160. The van der Waals surface area contributed by atoms with E-state index < -0.39 is 0 Å². The topological polar surface area (TPSA) is 96.3 Å². The Bertz CT molecular complexity index is 1170. The van der Waals surface area contributed by atoms with Gasteiger partial charge in [0.05, 0.1) is 30.5 Å². The smallest absolute Gasteiger partial charge is 0.277 e. The molecule has 1 aliphatic carbocycles. The van der Waals surface area contributed by atoms with Crippen LogP contribution in [-0.2, 0) is 0 Å². The fourth-order valence-electron chi connectivity index (χ4n) is 5.10. The Morgan fingerprint density at radius 2 is 1.88 bits per heavy atom. The Morgan fingerprint density at radius 1 is 1.12 bits per heavy atom. The van der Waals surface area contributed by atoms with E-state index in [9.17, 15) is 9.90 Å². The minimum Gasteiger partial charge on any atom is -0.496 e. The molecule has 2 N–H and O–H groups in total. The summed E-state index contributed by atoms with van der Waals surface area (Å²) in [6.07, 6.45) is 7.02. The van der Waals surface area contributed by atoms with Crippen LogP contribution in [0.1, 0.15) is 56.7 Å². The fraction of sp³-hybridized carbons (Fsp3) is 0.542. The predicted molar refractivity (Wildman–Crippen MR) is 124 cm³/mol. The Hall–Kier alpha value is -2.87. The second-order valence-electron chi connectivity index (χ2n) is 9.04. The summed E-state index contributed by atoms with van der Waals surface area (Å²) < 4.78 is 7.58. The number of nitrogens with one attached hydrogen (secondary N) is 1. The van der Waals surface area contributed by atoms with Crippen molar-refractivity contribution < 1.29 is 9.84 Å². The molecule has 5 rings (SSSR count). The molecule has 8 heteroatoms. The lowest BCUT2D eigenvalue weighted by Crippen LogP contribution is -2.35. The Labute approximate surface area is 187 Å². The van der Waals surface area contributed by atoms with Crippen molar-refractivity contribution in [3.8, 4) is 17.1 Å². The molecule has 2 fully saturated rings. The third kappa shape index (κ3) is 3.77. The van der Waals surface area contributed by atoms with E-state index in [0.717, 1.165) is 55.7 Å². The number of aryl methyl sites for hydroxylation is 1. The Balaban J connectivity index is 1.53. The van der Waals surface area contributed by atoms with Crippen LogP contribution in [-0.4, -0.2) is 51.2 Å². The van der Waals surface area contributed by atoms with Crippen LogP contribution in [0.15, 0.2) is 23.0 Å². The van der Waals surface area contributed by atoms with Crippen molar-refractivity contribution in [3.63, 3.8) is 0 Å². The van der Waals surface area contributed by atoms with Crippen LogP contribution in [0.25, 0.3) is 22.4 Å². The molecule has 0 spiro atoms. The summed E-state index contributed by atoms with van der Waals surface area (Å²) in [5.74, 6) is 1.15. The number of fused-ring (bicyclic) bond motifs is 1. The molecule has 1 aliphatic heterocycles. The van der Waals surface area contributed by atoms with Gasteiger partial charge in [-0.05, 0) is 44.7 Å². The van der Waals surface area contributed by atoms with Crippen LogP contribution < -0.4 is 15.2 Å². The van der Waals surface area contributed by atoms with Crippen LogP contribution in [0.3, 0.4) is 0 Å². The molecule has 0 atom stereocenters. The monoisotopic (exact) mass is 437 g/mol. The SMILES string of the molecule is COc1cc(N2CCC(O)CC2)ccc1-c1nc2c(C)nn(C3CCCCC3)c2c(=O)[nH]1. The van der Waals surface area contributed by atoms with Gasteiger partial charge in [0.25, 0.3) is 5.56 Å². The molecule has 0 unspecified atom stereocenters. The zero-order chi connectivity index (χ0) is 22.2. The average Bonchev–Trinajstić information content (AvgIpc) is 3.16. The molecule has 0 radical (unpaired) electrons. The average molecular weight is 438 g/mol. The number of ether oxygens (including phenoxy) is 1. The Kier molecular flexibility index (Phi) is 5.63. The van der Waals surface area contributed by atoms with Gasteiger partial charge < -0.3 is 19.7 Å². The van der Waals surface area contributed by atoms with E-state index >= 15 is 0 Å². The van der Waals surface area contributed by atoms with Crippen molar-refractivity contribution in [2.75, 3.05) is 25.1 Å². The number of piperidine rings is 1. The molecule has 8 nitrogen and oxygen atoms in total. The van der Waals surface area contributed by atoms with Crippen LogP contribution in [0.5, 0.6) is 5.75 Å². The number of hydrogen-bond acceptors (Lipinski definition) is 6. The van der Waals surface area contributed by atoms with Crippen molar-refractivity contribution in [3.05, 3.63) is 34.2 Å². The van der Waals surface area contributed by atoms with Crippen molar-refractivity contribution in [2.24, 2.45) is 0 Å². The molecule has 1 aromatic carbocycles. The first-order valence-electron chi connectivity index (χ1n) is 11.7. The summed E-state index contributed by atoms with van der Waals surface area (Å²) in [6.45, 7) is 3.54. The molecule has 2 aromatic heterocycles. The molecule has 3 heterocycles. The van der Waals surface area contributed by atoms with Gasteiger partial charge in [-0.2, -0.15) is 5.10 Å². The van der Waals surface area contributed by atoms with Crippen LogP contribution in [0.4, 0.5) is 5.69 Å². The van der Waals surface area contributed by atoms with Crippen LogP contribution >= 0.6 is 0 Å². The molecule has 2 aliphatic rings. The van der Waals surface area contributed by atoms with Crippen molar-refractivity contribution in [2.45, 2.75) is 64.0 Å². The maximum Gasteiger partial charge on any atom is 0.277 e. The number of nitrogens with zero attached hydrogens (tertiary/aromatic N) is 4. The summed E-state index contributed by atoms with van der Waals surface area (Å²) in [4.78, 5) is 23.2. The van der Waals surface area contributed by atoms with Gasteiger partial charge in [0.15, 0.2) is 5.52 Å². The third-order valence-electron chi connectivity index (χ3n) is 6.91. The van der Waals surface area contributed by atoms with Crippen molar-refractivity contribution in [1.82, 2.24) is 19.7 Å². The first-order valence-corrected chi connectivity index (χ1v) is 11.7. The molecule has 0 amide bonds. The zero-order valence-electron chi connectivity index (χ0n) is 18.8. The van der Waals surface area contributed by atoms with E-state index in [2.05, 4.69) is 9.88 Å².